The molecule has 1 saturated heterocycles. The minimum atomic E-state index is -0.782. The number of piperidine rings is 1. The van der Waals surface area contributed by atoms with Crippen LogP contribution in [-0.2, 0) is 5.54 Å². The summed E-state index contributed by atoms with van der Waals surface area (Å²) in [5.74, 6) is -0.825. The van der Waals surface area contributed by atoms with Gasteiger partial charge in [-0.05, 0) is 62.7 Å². The molecular formula is C28H27F2N7O2. The number of aryl methyl sites for hydroxylation is 1. The number of pyridine rings is 1. The summed E-state index contributed by atoms with van der Waals surface area (Å²) in [5.41, 5.74) is 8.14. The van der Waals surface area contributed by atoms with Crippen LogP contribution in [0.15, 0.2) is 54.9 Å². The first-order valence-corrected chi connectivity index (χ1v) is 12.7. The van der Waals surface area contributed by atoms with E-state index in [1.165, 1.54) is 24.5 Å². The number of likely N-dealkylation sites (tertiary alicyclic amines) is 1. The number of amides is 1. The van der Waals surface area contributed by atoms with E-state index in [4.69, 9.17) is 10.5 Å². The molecule has 0 spiro atoms. The summed E-state index contributed by atoms with van der Waals surface area (Å²) in [7, 11) is 0. The maximum absolute atomic E-state index is 15.2. The molecule has 4 aromatic rings. The Bertz CT molecular complexity index is 1540. The molecule has 1 aliphatic heterocycles. The first-order chi connectivity index (χ1) is 18.6. The van der Waals surface area contributed by atoms with Gasteiger partial charge in [-0.3, -0.25) is 4.79 Å². The number of nitrogens with zero attached hydrogens (tertiary/aromatic N) is 6. The van der Waals surface area contributed by atoms with E-state index >= 15 is 4.39 Å². The smallest absolute Gasteiger partial charge is 0.260 e. The standard InChI is InChI=1S/C28H27F2N7O2/c1-15-23(25(30)37(35-15)27-32-9-4-10-33-27)26(38)36-13-19-20(14-36)24(19)39-22-12-17(28(2,3)31)11-21(34-22)16-5-7-18(29)8-6-16/h4-12,19-20,24H,13-14,31H2,1-3H3/t19-,20+,24+. The van der Waals surface area contributed by atoms with Crippen molar-refractivity contribution in [3.63, 3.8) is 0 Å². The molecule has 3 atom stereocenters. The van der Waals surface area contributed by atoms with Crippen LogP contribution in [0, 0.1) is 30.5 Å². The Hall–Kier alpha value is -4.25. The summed E-state index contributed by atoms with van der Waals surface area (Å²) in [4.78, 5) is 27.6. The minimum Gasteiger partial charge on any atom is -0.474 e. The maximum Gasteiger partial charge on any atom is 0.260 e. The number of benzene rings is 1. The van der Waals surface area contributed by atoms with E-state index in [2.05, 4.69) is 20.1 Å². The Morgan fingerprint density at radius 1 is 1.08 bits per heavy atom. The summed E-state index contributed by atoms with van der Waals surface area (Å²) in [6.45, 7) is 6.25. The minimum absolute atomic E-state index is 0.0604. The average Bonchev–Trinajstić information content (AvgIpc) is 3.22. The molecule has 1 amide bonds. The lowest BCUT2D eigenvalue weighted by Crippen LogP contribution is -2.34. The topological polar surface area (TPSA) is 112 Å². The van der Waals surface area contributed by atoms with E-state index in [0.29, 0.717) is 24.7 Å². The number of aromatic nitrogens is 5. The number of halogens is 2. The van der Waals surface area contributed by atoms with Crippen molar-refractivity contribution in [3.8, 4) is 23.1 Å². The second kappa shape index (κ2) is 9.19. The van der Waals surface area contributed by atoms with Gasteiger partial charge in [-0.25, -0.2) is 19.3 Å². The fraction of sp³-hybridized carbons (Fsp3) is 0.321. The Morgan fingerprint density at radius 3 is 2.38 bits per heavy atom. The fourth-order valence-electron chi connectivity index (χ4n) is 5.09. The highest BCUT2D eigenvalue weighted by atomic mass is 19.1. The summed E-state index contributed by atoms with van der Waals surface area (Å²) in [6.07, 6.45) is 2.84. The lowest BCUT2D eigenvalue weighted by atomic mass is 9.95. The van der Waals surface area contributed by atoms with Crippen LogP contribution in [0.5, 0.6) is 5.88 Å². The fourth-order valence-corrected chi connectivity index (χ4v) is 5.09. The molecule has 6 rings (SSSR count). The summed E-state index contributed by atoms with van der Waals surface area (Å²) in [6, 6.07) is 11.4. The second-order valence-corrected chi connectivity index (χ2v) is 10.6. The predicted molar refractivity (Wildman–Crippen MR) is 138 cm³/mol. The van der Waals surface area contributed by atoms with Gasteiger partial charge in [0, 0.05) is 54.5 Å². The van der Waals surface area contributed by atoms with E-state index < -0.39 is 17.4 Å². The first kappa shape index (κ1) is 25.1. The summed E-state index contributed by atoms with van der Waals surface area (Å²) < 4.78 is 35.9. The maximum atomic E-state index is 15.2. The largest absolute Gasteiger partial charge is 0.474 e. The van der Waals surface area contributed by atoms with Gasteiger partial charge in [-0.15, -0.1) is 0 Å². The number of fused-ring (bicyclic) bond motifs is 1. The van der Waals surface area contributed by atoms with Gasteiger partial charge in [0.25, 0.3) is 11.9 Å². The van der Waals surface area contributed by atoms with Crippen LogP contribution in [0.25, 0.3) is 17.2 Å². The highest BCUT2D eigenvalue weighted by molar-refractivity contribution is 5.95. The molecule has 0 radical (unpaired) electrons. The van der Waals surface area contributed by atoms with Crippen LogP contribution < -0.4 is 10.5 Å². The van der Waals surface area contributed by atoms with Gasteiger partial charge < -0.3 is 15.4 Å². The Morgan fingerprint density at radius 2 is 1.74 bits per heavy atom. The van der Waals surface area contributed by atoms with Crippen molar-refractivity contribution < 1.29 is 18.3 Å². The Kier molecular flexibility index (Phi) is 5.91. The molecule has 1 aromatic carbocycles. The normalized spacial score (nSPS) is 20.2. The van der Waals surface area contributed by atoms with E-state index in [1.807, 2.05) is 26.0 Å². The molecule has 0 unspecified atom stereocenters. The van der Waals surface area contributed by atoms with E-state index in [-0.39, 0.29) is 41.0 Å². The lowest BCUT2D eigenvalue weighted by Gasteiger charge is -2.22. The van der Waals surface area contributed by atoms with Crippen LogP contribution in [0.3, 0.4) is 0 Å². The van der Waals surface area contributed by atoms with Crippen LogP contribution in [0.4, 0.5) is 8.78 Å². The zero-order valence-corrected chi connectivity index (χ0v) is 21.7. The third kappa shape index (κ3) is 4.63. The highest BCUT2D eigenvalue weighted by Crippen LogP contribution is 2.48. The van der Waals surface area contributed by atoms with Gasteiger partial charge in [-0.2, -0.15) is 14.2 Å². The summed E-state index contributed by atoms with van der Waals surface area (Å²) in [5, 5.41) is 4.15. The predicted octanol–water partition coefficient (Wildman–Crippen LogP) is 3.65. The third-order valence-electron chi connectivity index (χ3n) is 7.30. The zero-order chi connectivity index (χ0) is 27.5. The van der Waals surface area contributed by atoms with Crippen molar-refractivity contribution in [2.75, 3.05) is 13.1 Å². The average molecular weight is 532 g/mol. The molecule has 2 aliphatic rings. The van der Waals surface area contributed by atoms with Gasteiger partial charge in [0.1, 0.15) is 17.5 Å². The second-order valence-electron chi connectivity index (χ2n) is 10.6. The zero-order valence-electron chi connectivity index (χ0n) is 21.7. The van der Waals surface area contributed by atoms with Crippen molar-refractivity contribution in [3.05, 3.63) is 83.4 Å². The van der Waals surface area contributed by atoms with Crippen LogP contribution >= 0.6 is 0 Å². The van der Waals surface area contributed by atoms with Gasteiger partial charge >= 0.3 is 0 Å². The number of hydrogen-bond donors (Lipinski definition) is 1. The van der Waals surface area contributed by atoms with Gasteiger partial charge in [0.2, 0.25) is 11.8 Å². The molecule has 9 nitrogen and oxygen atoms in total. The van der Waals surface area contributed by atoms with Crippen molar-refractivity contribution in [2.24, 2.45) is 17.6 Å². The third-order valence-corrected chi connectivity index (χ3v) is 7.30. The molecule has 3 aromatic heterocycles. The van der Waals surface area contributed by atoms with Gasteiger partial charge in [0.05, 0.1) is 11.4 Å². The summed E-state index contributed by atoms with van der Waals surface area (Å²) >= 11 is 0. The van der Waals surface area contributed by atoms with Crippen molar-refractivity contribution >= 4 is 5.91 Å². The van der Waals surface area contributed by atoms with Crippen molar-refractivity contribution in [1.82, 2.24) is 29.6 Å². The number of ether oxygens (including phenoxy) is 1. The molecule has 1 saturated carbocycles. The molecular weight excluding hydrogens is 504 g/mol. The van der Waals surface area contributed by atoms with Gasteiger partial charge in [-0.1, -0.05) is 0 Å². The molecule has 39 heavy (non-hydrogen) atoms. The van der Waals surface area contributed by atoms with Crippen molar-refractivity contribution in [1.29, 1.82) is 0 Å². The molecule has 200 valence electrons. The Labute approximate surface area is 223 Å². The monoisotopic (exact) mass is 531 g/mol. The van der Waals surface area contributed by atoms with Crippen LogP contribution in [-0.4, -0.2) is 54.7 Å². The molecule has 0 bridgehead atoms. The lowest BCUT2D eigenvalue weighted by molar-refractivity contribution is 0.0746. The molecule has 1 aliphatic carbocycles. The quantitative estimate of drug-likeness (QED) is 0.404. The molecule has 4 heterocycles. The van der Waals surface area contributed by atoms with Crippen LogP contribution in [0.1, 0.15) is 35.5 Å². The number of carbonyl (C=O) groups excluding carboxylic acids is 1. The van der Waals surface area contributed by atoms with E-state index in [0.717, 1.165) is 15.8 Å². The molecule has 2 N–H and O–H groups in total. The van der Waals surface area contributed by atoms with E-state index in [9.17, 15) is 9.18 Å². The Balaban J connectivity index is 1.17. The van der Waals surface area contributed by atoms with Crippen molar-refractivity contribution in [2.45, 2.75) is 32.4 Å². The number of carbonyl (C=O) groups is 1. The SMILES string of the molecule is Cc1nn(-c2ncccn2)c(F)c1C(=O)N1C[C@@H]2[C@H](C1)[C@H]2Oc1cc(C(C)(C)N)cc(-c2ccc(F)cc2)n1. The number of rotatable bonds is 6. The molecule has 11 heteroatoms. The van der Waals surface area contributed by atoms with Crippen LogP contribution in [0.2, 0.25) is 0 Å². The van der Waals surface area contributed by atoms with Gasteiger partial charge in [0.15, 0.2) is 0 Å². The number of nitrogens with two attached hydrogens (primary N) is 1. The molecule has 2 fully saturated rings. The number of hydrogen-bond acceptors (Lipinski definition) is 7. The first-order valence-electron chi connectivity index (χ1n) is 12.7. The van der Waals surface area contributed by atoms with E-state index in [1.54, 1.807) is 30.0 Å². The highest BCUT2D eigenvalue weighted by Gasteiger charge is 2.59.